The van der Waals surface area contributed by atoms with Gasteiger partial charge in [-0.2, -0.15) is 0 Å². The van der Waals surface area contributed by atoms with Crippen LogP contribution in [0.3, 0.4) is 0 Å². The molecule has 2 saturated carbocycles. The van der Waals surface area contributed by atoms with E-state index in [4.69, 9.17) is 9.72 Å². The molecule has 1 N–H and O–H groups in total. The Balaban J connectivity index is 1.15. The number of aromatic amines is 1. The summed E-state index contributed by atoms with van der Waals surface area (Å²) in [6.07, 6.45) is 4.78. The van der Waals surface area contributed by atoms with Crippen LogP contribution in [0.1, 0.15) is 43.0 Å². The van der Waals surface area contributed by atoms with Crippen molar-refractivity contribution in [2.45, 2.75) is 45.2 Å². The van der Waals surface area contributed by atoms with Crippen molar-refractivity contribution in [3.63, 3.8) is 0 Å². The minimum atomic E-state index is -0.101. The fourth-order valence-corrected chi connectivity index (χ4v) is 8.23. The van der Waals surface area contributed by atoms with E-state index >= 15 is 0 Å². The first kappa shape index (κ1) is 27.5. The molecule has 3 fully saturated rings. The molecule has 1 saturated heterocycles. The number of fused-ring (bicyclic) bond motifs is 5. The van der Waals surface area contributed by atoms with Gasteiger partial charge in [0.15, 0.2) is 5.82 Å². The number of methoxy groups -OCH3 is 1. The van der Waals surface area contributed by atoms with Crippen molar-refractivity contribution in [3.8, 4) is 28.4 Å². The number of benzene rings is 3. The number of hydrogen-bond acceptors (Lipinski definition) is 4. The Labute approximate surface area is 266 Å². The van der Waals surface area contributed by atoms with Gasteiger partial charge < -0.3 is 23.8 Å². The lowest BCUT2D eigenvalue weighted by Crippen LogP contribution is -2.38. The van der Waals surface area contributed by atoms with Crippen molar-refractivity contribution < 1.29 is 9.53 Å². The minimum Gasteiger partial charge on any atom is -0.494 e. The Morgan fingerprint density at radius 2 is 1.74 bits per heavy atom. The van der Waals surface area contributed by atoms with Gasteiger partial charge in [-0.1, -0.05) is 31.2 Å². The quantitative estimate of drug-likeness (QED) is 0.220. The van der Waals surface area contributed by atoms with Crippen LogP contribution in [0.5, 0.6) is 5.75 Å². The molecule has 9 rings (SSSR count). The summed E-state index contributed by atoms with van der Waals surface area (Å²) in [4.78, 5) is 36.0. The Morgan fingerprint density at radius 3 is 2.48 bits per heavy atom. The first-order valence-electron chi connectivity index (χ1n) is 16.5. The van der Waals surface area contributed by atoms with Crippen LogP contribution in [0, 0.1) is 17.8 Å². The SMILES string of the molecule is COc1cc(C(=O)N2CC3CCC2[C@@H]3C)cc2nc(-c3cc4ccc(-c5ccc6ccc(=O)[nH]c6c5)cc4n3CC3CC3)n(C)c12. The molecule has 8 heteroatoms. The predicted octanol–water partition coefficient (Wildman–Crippen LogP) is 6.99. The number of likely N-dealkylation sites (tertiary alicyclic amines) is 1. The van der Waals surface area contributed by atoms with Crippen molar-refractivity contribution in [3.05, 3.63) is 82.6 Å². The zero-order chi connectivity index (χ0) is 31.3. The number of carbonyl (C=O) groups excluding carboxylic acids is 1. The molecule has 8 nitrogen and oxygen atoms in total. The molecule has 1 amide bonds. The van der Waals surface area contributed by atoms with Gasteiger partial charge in [0, 0.05) is 54.2 Å². The van der Waals surface area contributed by atoms with Gasteiger partial charge in [0.25, 0.3) is 5.91 Å². The molecule has 3 aromatic heterocycles. The highest BCUT2D eigenvalue weighted by Gasteiger charge is 2.46. The van der Waals surface area contributed by atoms with Crippen LogP contribution in [0.4, 0.5) is 0 Å². The predicted molar refractivity (Wildman–Crippen MR) is 181 cm³/mol. The summed E-state index contributed by atoms with van der Waals surface area (Å²) in [6, 6.07) is 22.7. The van der Waals surface area contributed by atoms with Gasteiger partial charge in [-0.15, -0.1) is 0 Å². The normalized spacial score (nSPS) is 20.8. The minimum absolute atomic E-state index is 0.0830. The van der Waals surface area contributed by atoms with Gasteiger partial charge in [0.05, 0.1) is 18.3 Å². The Hall–Kier alpha value is -4.85. The maximum atomic E-state index is 13.8. The van der Waals surface area contributed by atoms with Crippen molar-refractivity contribution in [2.24, 2.45) is 24.8 Å². The molecule has 2 unspecified atom stereocenters. The van der Waals surface area contributed by atoms with Crippen LogP contribution in [0.25, 0.3) is 55.5 Å². The number of pyridine rings is 1. The summed E-state index contributed by atoms with van der Waals surface area (Å²) in [5, 5.41) is 2.16. The molecule has 0 radical (unpaired) electrons. The van der Waals surface area contributed by atoms with Crippen LogP contribution >= 0.6 is 0 Å². The second-order valence-corrected chi connectivity index (χ2v) is 13.7. The standard InChI is InChI=1S/C38H37N5O3/c1-21-27-10-12-31(21)43(20-27)38(45)28-15-30-36(34(18-28)46-3)41(2)37(40-30)33-17-26-9-8-25(16-32(26)42(33)19-22-4-5-22)24-7-6-23-11-13-35(44)39-29(23)14-24/h6-9,11,13-18,21-22,27,31H,4-5,10,12,19-20H2,1-3H3,(H,39,44)/t21-,27?,31?/m1/s1. The van der Waals surface area contributed by atoms with Crippen LogP contribution in [0.15, 0.2) is 71.5 Å². The second kappa shape index (κ2) is 10.1. The number of nitrogens with zero attached hydrogens (tertiary/aromatic N) is 4. The molecular weight excluding hydrogens is 574 g/mol. The molecule has 1 aliphatic heterocycles. The third kappa shape index (κ3) is 4.22. The summed E-state index contributed by atoms with van der Waals surface area (Å²) < 4.78 is 10.4. The second-order valence-electron chi connectivity index (χ2n) is 13.7. The monoisotopic (exact) mass is 611 g/mol. The fourth-order valence-electron chi connectivity index (χ4n) is 8.23. The van der Waals surface area contributed by atoms with Gasteiger partial charge in [-0.05, 0) is 96.3 Å². The third-order valence-corrected chi connectivity index (χ3v) is 11.0. The largest absolute Gasteiger partial charge is 0.494 e. The molecule has 2 aliphatic carbocycles. The van der Waals surface area contributed by atoms with Crippen LogP contribution < -0.4 is 10.3 Å². The molecule has 232 valence electrons. The highest BCUT2D eigenvalue weighted by molar-refractivity contribution is 6.01. The van der Waals surface area contributed by atoms with E-state index < -0.39 is 0 Å². The van der Waals surface area contributed by atoms with E-state index in [9.17, 15) is 9.59 Å². The molecule has 46 heavy (non-hydrogen) atoms. The summed E-state index contributed by atoms with van der Waals surface area (Å²) in [5.74, 6) is 3.43. The van der Waals surface area contributed by atoms with Crippen molar-refractivity contribution in [2.75, 3.05) is 13.7 Å². The topological polar surface area (TPSA) is 85.2 Å². The first-order chi connectivity index (χ1) is 22.4. The lowest BCUT2D eigenvalue weighted by Gasteiger charge is -2.27. The number of amides is 1. The van der Waals surface area contributed by atoms with E-state index in [2.05, 4.69) is 68.4 Å². The van der Waals surface area contributed by atoms with E-state index in [1.807, 2.05) is 25.2 Å². The lowest BCUT2D eigenvalue weighted by atomic mass is 10.0. The van der Waals surface area contributed by atoms with Gasteiger partial charge in [-0.3, -0.25) is 9.59 Å². The molecule has 4 heterocycles. The summed E-state index contributed by atoms with van der Waals surface area (Å²) in [5.41, 5.74) is 7.41. The number of piperidine rings is 1. The van der Waals surface area contributed by atoms with Crippen LogP contribution in [-0.2, 0) is 13.6 Å². The van der Waals surface area contributed by atoms with Gasteiger partial charge in [0.1, 0.15) is 11.3 Å². The van der Waals surface area contributed by atoms with E-state index in [-0.39, 0.29) is 11.5 Å². The van der Waals surface area contributed by atoms with Gasteiger partial charge in [-0.25, -0.2) is 4.98 Å². The Morgan fingerprint density at radius 1 is 0.957 bits per heavy atom. The smallest absolute Gasteiger partial charge is 0.254 e. The number of ether oxygens (including phenoxy) is 1. The van der Waals surface area contributed by atoms with E-state index in [1.165, 1.54) is 19.3 Å². The lowest BCUT2D eigenvalue weighted by molar-refractivity contribution is 0.0696. The fraction of sp³-hybridized carbons (Fsp3) is 0.342. The molecule has 3 atom stereocenters. The van der Waals surface area contributed by atoms with E-state index in [1.54, 1.807) is 13.2 Å². The van der Waals surface area contributed by atoms with Crippen molar-refractivity contribution in [1.29, 1.82) is 0 Å². The molecule has 0 spiro atoms. The van der Waals surface area contributed by atoms with Gasteiger partial charge in [0.2, 0.25) is 5.56 Å². The average Bonchev–Trinajstić information content (AvgIpc) is 3.47. The van der Waals surface area contributed by atoms with Gasteiger partial charge >= 0.3 is 0 Å². The highest BCUT2D eigenvalue weighted by Crippen LogP contribution is 2.44. The number of hydrogen-bond donors (Lipinski definition) is 1. The number of aryl methyl sites for hydroxylation is 1. The number of carbonyl (C=O) groups is 1. The zero-order valence-corrected chi connectivity index (χ0v) is 26.4. The van der Waals surface area contributed by atoms with Crippen LogP contribution in [0.2, 0.25) is 0 Å². The molecule has 3 aromatic carbocycles. The number of nitrogens with one attached hydrogen (secondary N) is 1. The molecule has 3 aliphatic rings. The van der Waals surface area contributed by atoms with Crippen molar-refractivity contribution >= 4 is 38.7 Å². The first-order valence-corrected chi connectivity index (χ1v) is 16.5. The number of aromatic nitrogens is 4. The molecular formula is C38H37N5O3. The zero-order valence-electron chi connectivity index (χ0n) is 26.4. The maximum Gasteiger partial charge on any atom is 0.254 e. The highest BCUT2D eigenvalue weighted by atomic mass is 16.5. The number of H-pyrrole nitrogens is 1. The number of rotatable bonds is 6. The molecule has 2 bridgehead atoms. The molecule has 6 aromatic rings. The number of imidazole rings is 1. The van der Waals surface area contributed by atoms with E-state index in [0.29, 0.717) is 35.1 Å². The Kier molecular flexibility index (Phi) is 6.01. The summed E-state index contributed by atoms with van der Waals surface area (Å²) in [7, 11) is 3.71. The third-order valence-electron chi connectivity index (χ3n) is 11.0. The summed E-state index contributed by atoms with van der Waals surface area (Å²) >= 11 is 0. The van der Waals surface area contributed by atoms with E-state index in [0.717, 1.165) is 75.0 Å². The van der Waals surface area contributed by atoms with Crippen LogP contribution in [-0.4, -0.2) is 49.6 Å². The van der Waals surface area contributed by atoms with Crippen molar-refractivity contribution in [1.82, 2.24) is 24.0 Å². The Bertz CT molecular complexity index is 2270. The maximum absolute atomic E-state index is 13.8. The summed E-state index contributed by atoms with van der Waals surface area (Å²) in [6.45, 7) is 4.06. The average molecular weight is 612 g/mol.